The van der Waals surface area contributed by atoms with E-state index in [1.54, 1.807) is 16.7 Å². The molecule has 2 aromatic carbocycles. The van der Waals surface area contributed by atoms with Crippen LogP contribution in [0.5, 0.6) is 5.75 Å². The molecule has 0 saturated heterocycles. The van der Waals surface area contributed by atoms with Crippen molar-refractivity contribution in [1.29, 1.82) is 0 Å². The Labute approximate surface area is 168 Å². The quantitative estimate of drug-likeness (QED) is 0.607. The van der Waals surface area contributed by atoms with Crippen LogP contribution in [0.3, 0.4) is 0 Å². The molecule has 1 aromatic heterocycles. The largest absolute Gasteiger partial charge is 0.497 e. The first-order valence-corrected chi connectivity index (χ1v) is 10.9. The van der Waals surface area contributed by atoms with Crippen LogP contribution in [0.25, 0.3) is 5.69 Å². The van der Waals surface area contributed by atoms with Crippen molar-refractivity contribution >= 4 is 10.0 Å². The van der Waals surface area contributed by atoms with Gasteiger partial charge < -0.3 is 4.74 Å². The molecular formula is C20H22N4O4S. The molecule has 0 atom stereocenters. The molecule has 8 nitrogen and oxygen atoms in total. The van der Waals surface area contributed by atoms with Gasteiger partial charge in [-0.25, -0.2) is 27.2 Å². The van der Waals surface area contributed by atoms with Crippen molar-refractivity contribution < 1.29 is 13.2 Å². The molecule has 3 aromatic rings. The number of methoxy groups -OCH3 is 1. The number of benzene rings is 2. The number of nitrogens with zero attached hydrogens (tertiary/aromatic N) is 3. The van der Waals surface area contributed by atoms with Crippen LogP contribution in [0, 0.1) is 0 Å². The average molecular weight is 414 g/mol. The predicted octanol–water partition coefficient (Wildman–Crippen LogP) is 1.90. The summed E-state index contributed by atoms with van der Waals surface area (Å²) < 4.78 is 35.4. The first kappa shape index (κ1) is 19.4. The first-order chi connectivity index (χ1) is 14.0. The van der Waals surface area contributed by atoms with Crippen LogP contribution in [-0.2, 0) is 16.6 Å². The number of aromatic nitrogens is 3. The molecule has 0 radical (unpaired) electrons. The lowest BCUT2D eigenvalue weighted by Crippen LogP contribution is -2.32. The molecule has 152 valence electrons. The van der Waals surface area contributed by atoms with Gasteiger partial charge in [-0.15, -0.1) is 0 Å². The third-order valence-corrected chi connectivity index (χ3v) is 6.28. The second kappa shape index (κ2) is 7.84. The summed E-state index contributed by atoms with van der Waals surface area (Å²) in [4.78, 5) is 13.0. The molecule has 0 spiro atoms. The Hall–Kier alpha value is -2.91. The molecule has 29 heavy (non-hydrogen) atoms. The molecule has 1 aliphatic carbocycles. The first-order valence-electron chi connectivity index (χ1n) is 9.38. The lowest BCUT2D eigenvalue weighted by Gasteiger charge is -2.07. The normalized spacial score (nSPS) is 14.1. The summed E-state index contributed by atoms with van der Waals surface area (Å²) in [6.07, 6.45) is 2.01. The summed E-state index contributed by atoms with van der Waals surface area (Å²) in [5, 5.41) is 4.48. The highest BCUT2D eigenvalue weighted by atomic mass is 32.2. The number of para-hydroxylation sites is 1. The zero-order valence-corrected chi connectivity index (χ0v) is 16.8. The van der Waals surface area contributed by atoms with Crippen molar-refractivity contribution in [3.8, 4) is 11.4 Å². The lowest BCUT2D eigenvalue weighted by atomic mass is 10.3. The predicted molar refractivity (Wildman–Crippen MR) is 108 cm³/mol. The topological polar surface area (TPSA) is 95.2 Å². The van der Waals surface area contributed by atoms with Crippen molar-refractivity contribution in [2.75, 3.05) is 13.7 Å². The van der Waals surface area contributed by atoms with Gasteiger partial charge in [0, 0.05) is 12.5 Å². The van der Waals surface area contributed by atoms with Gasteiger partial charge >= 0.3 is 5.69 Å². The van der Waals surface area contributed by atoms with Crippen molar-refractivity contribution in [3.63, 3.8) is 0 Å². The van der Waals surface area contributed by atoms with Crippen LogP contribution in [0.2, 0.25) is 0 Å². The Bertz CT molecular complexity index is 1150. The summed E-state index contributed by atoms with van der Waals surface area (Å²) in [5.74, 6) is 1.59. The van der Waals surface area contributed by atoms with Crippen LogP contribution in [0.1, 0.15) is 24.6 Å². The number of ether oxygens (including phenoxy) is 1. The smallest absolute Gasteiger partial charge is 0.350 e. The standard InChI is InChI=1S/C20H22N4O4S/c1-28-17-9-11-18(12-10-17)29(26,27)21-13-14-23-20(25)24(16-5-3-2-4-6-16)19(22-23)15-7-8-15/h2-6,9-12,15,21H,7-8,13-14H2,1H3. The molecule has 1 fully saturated rings. The minimum Gasteiger partial charge on any atom is -0.497 e. The maximum atomic E-state index is 12.9. The van der Waals surface area contributed by atoms with Crippen LogP contribution < -0.4 is 15.1 Å². The fraction of sp³-hybridized carbons (Fsp3) is 0.300. The SMILES string of the molecule is COc1ccc(S(=O)(=O)NCCn2nc(C3CC3)n(-c3ccccc3)c2=O)cc1. The lowest BCUT2D eigenvalue weighted by molar-refractivity contribution is 0.414. The summed E-state index contributed by atoms with van der Waals surface area (Å²) in [7, 11) is -2.17. The summed E-state index contributed by atoms with van der Waals surface area (Å²) >= 11 is 0. The maximum Gasteiger partial charge on any atom is 0.350 e. The number of hydrogen-bond acceptors (Lipinski definition) is 5. The van der Waals surface area contributed by atoms with Gasteiger partial charge in [0.05, 0.1) is 24.2 Å². The van der Waals surface area contributed by atoms with Gasteiger partial charge in [-0.3, -0.25) is 0 Å². The van der Waals surface area contributed by atoms with Crippen LogP contribution in [-0.4, -0.2) is 36.4 Å². The molecule has 1 saturated carbocycles. The molecule has 0 unspecified atom stereocenters. The number of hydrogen-bond donors (Lipinski definition) is 1. The van der Waals surface area contributed by atoms with E-state index in [4.69, 9.17) is 4.74 Å². The summed E-state index contributed by atoms with van der Waals surface area (Å²) in [5.41, 5.74) is 0.506. The molecule has 4 rings (SSSR count). The van der Waals surface area contributed by atoms with Crippen molar-refractivity contribution in [2.24, 2.45) is 0 Å². The Morgan fingerprint density at radius 3 is 2.41 bits per heavy atom. The number of rotatable bonds is 8. The Balaban J connectivity index is 1.51. The van der Waals surface area contributed by atoms with Gasteiger partial charge in [0.1, 0.15) is 11.6 Å². The van der Waals surface area contributed by atoms with Gasteiger partial charge in [0.15, 0.2) is 0 Å². The van der Waals surface area contributed by atoms with Gasteiger partial charge in [-0.1, -0.05) is 18.2 Å². The van der Waals surface area contributed by atoms with E-state index >= 15 is 0 Å². The highest BCUT2D eigenvalue weighted by molar-refractivity contribution is 7.89. The molecule has 0 bridgehead atoms. The van der Waals surface area contributed by atoms with E-state index in [2.05, 4.69) is 9.82 Å². The van der Waals surface area contributed by atoms with E-state index in [0.717, 1.165) is 24.4 Å². The van der Waals surface area contributed by atoms with Crippen LogP contribution in [0.4, 0.5) is 0 Å². The molecule has 0 amide bonds. The summed E-state index contributed by atoms with van der Waals surface area (Å²) in [6, 6.07) is 15.5. The Kier molecular flexibility index (Phi) is 5.25. The molecule has 9 heteroatoms. The molecule has 1 N–H and O–H groups in total. The van der Waals surface area contributed by atoms with E-state index < -0.39 is 10.0 Å². The van der Waals surface area contributed by atoms with Gasteiger partial charge in [-0.05, 0) is 49.2 Å². The second-order valence-electron chi connectivity index (χ2n) is 6.88. The van der Waals surface area contributed by atoms with E-state index in [0.29, 0.717) is 5.75 Å². The highest BCUT2D eigenvalue weighted by Gasteiger charge is 2.31. The third kappa shape index (κ3) is 4.10. The molecule has 1 heterocycles. The number of sulfonamides is 1. The van der Waals surface area contributed by atoms with Gasteiger partial charge in [-0.2, -0.15) is 5.10 Å². The monoisotopic (exact) mass is 414 g/mol. The number of nitrogens with one attached hydrogen (secondary N) is 1. The second-order valence-corrected chi connectivity index (χ2v) is 8.65. The minimum atomic E-state index is -3.68. The molecule has 1 aliphatic rings. The van der Waals surface area contributed by atoms with Crippen molar-refractivity contribution in [3.05, 3.63) is 70.9 Å². The maximum absolute atomic E-state index is 12.9. The van der Waals surface area contributed by atoms with E-state index in [9.17, 15) is 13.2 Å². The van der Waals surface area contributed by atoms with E-state index in [1.807, 2.05) is 30.3 Å². The van der Waals surface area contributed by atoms with Crippen LogP contribution in [0.15, 0.2) is 64.3 Å². The highest BCUT2D eigenvalue weighted by Crippen LogP contribution is 2.39. The summed E-state index contributed by atoms with van der Waals surface area (Å²) in [6.45, 7) is 0.206. The molecular weight excluding hydrogens is 392 g/mol. The minimum absolute atomic E-state index is 0.0597. The average Bonchev–Trinajstić information content (AvgIpc) is 3.53. The van der Waals surface area contributed by atoms with Crippen molar-refractivity contribution in [1.82, 2.24) is 19.1 Å². The van der Waals surface area contributed by atoms with Crippen LogP contribution >= 0.6 is 0 Å². The van der Waals surface area contributed by atoms with Crippen molar-refractivity contribution in [2.45, 2.75) is 30.2 Å². The van der Waals surface area contributed by atoms with Gasteiger partial charge in [0.2, 0.25) is 10.0 Å². The van der Waals surface area contributed by atoms with Gasteiger partial charge in [0.25, 0.3) is 0 Å². The zero-order chi connectivity index (χ0) is 20.4. The van der Waals surface area contributed by atoms with E-state index in [1.165, 1.54) is 23.9 Å². The molecule has 0 aliphatic heterocycles. The van der Waals surface area contributed by atoms with E-state index in [-0.39, 0.29) is 29.6 Å². The zero-order valence-electron chi connectivity index (χ0n) is 16.0. The Morgan fingerprint density at radius 1 is 1.10 bits per heavy atom. The fourth-order valence-electron chi connectivity index (χ4n) is 3.12. The Morgan fingerprint density at radius 2 is 1.79 bits per heavy atom. The third-order valence-electron chi connectivity index (χ3n) is 4.81. The fourth-order valence-corrected chi connectivity index (χ4v) is 4.14.